The zero-order chi connectivity index (χ0) is 17.4. The van der Waals surface area contributed by atoms with Crippen molar-refractivity contribution < 1.29 is 14.3 Å². The molecule has 2 unspecified atom stereocenters. The first-order chi connectivity index (χ1) is 11.6. The fourth-order valence-electron chi connectivity index (χ4n) is 2.50. The van der Waals surface area contributed by atoms with Crippen LogP contribution in [-0.4, -0.2) is 38.0 Å². The van der Waals surface area contributed by atoms with Crippen LogP contribution in [0.1, 0.15) is 18.4 Å². The molecule has 0 spiro atoms. The third-order valence-corrected chi connectivity index (χ3v) is 4.06. The van der Waals surface area contributed by atoms with Gasteiger partial charge < -0.3 is 25.9 Å². The number of amides is 1. The van der Waals surface area contributed by atoms with Crippen molar-refractivity contribution in [2.75, 3.05) is 19.8 Å². The van der Waals surface area contributed by atoms with Gasteiger partial charge in [0, 0.05) is 24.9 Å². The van der Waals surface area contributed by atoms with Gasteiger partial charge in [0.05, 0.1) is 24.9 Å². The van der Waals surface area contributed by atoms with E-state index in [1.54, 1.807) is 0 Å². The van der Waals surface area contributed by atoms with Crippen molar-refractivity contribution in [1.29, 1.82) is 5.41 Å². The molecule has 0 saturated carbocycles. The Balaban J connectivity index is 1.67. The number of hydrogen-bond acceptors (Lipinski definition) is 5. The van der Waals surface area contributed by atoms with Crippen LogP contribution in [0.5, 0.6) is 5.75 Å². The van der Waals surface area contributed by atoms with E-state index in [0.717, 1.165) is 31.0 Å². The second-order valence-electron chi connectivity index (χ2n) is 6.00. The second-order valence-corrected chi connectivity index (χ2v) is 6.00. The van der Waals surface area contributed by atoms with Crippen molar-refractivity contribution >= 4 is 12.1 Å². The van der Waals surface area contributed by atoms with Gasteiger partial charge in [0.15, 0.2) is 0 Å². The van der Waals surface area contributed by atoms with Crippen LogP contribution in [0.4, 0.5) is 0 Å². The van der Waals surface area contributed by atoms with Gasteiger partial charge >= 0.3 is 0 Å². The van der Waals surface area contributed by atoms with Crippen LogP contribution in [0.3, 0.4) is 0 Å². The first kappa shape index (κ1) is 18.0. The number of ether oxygens (including phenoxy) is 2. The van der Waals surface area contributed by atoms with E-state index in [0.29, 0.717) is 25.7 Å². The highest BCUT2D eigenvalue weighted by Gasteiger charge is 2.23. The third kappa shape index (κ3) is 5.38. The average molecular weight is 331 g/mol. The van der Waals surface area contributed by atoms with Crippen molar-refractivity contribution in [3.8, 4) is 5.75 Å². The minimum Gasteiger partial charge on any atom is -0.493 e. The zero-order valence-corrected chi connectivity index (χ0v) is 14.0. The Bertz CT molecular complexity index is 576. The summed E-state index contributed by atoms with van der Waals surface area (Å²) in [5.41, 5.74) is 6.64. The quantitative estimate of drug-likeness (QED) is 0.524. The molecule has 1 saturated heterocycles. The summed E-state index contributed by atoms with van der Waals surface area (Å²) in [6.45, 7) is 3.73. The molecule has 1 aliphatic heterocycles. The fourth-order valence-corrected chi connectivity index (χ4v) is 2.50. The number of hydrogen-bond donors (Lipinski definition) is 3. The minimum absolute atomic E-state index is 0.00525. The molecule has 1 amide bonds. The van der Waals surface area contributed by atoms with Crippen LogP contribution in [-0.2, 0) is 9.53 Å². The minimum atomic E-state index is -0.346. The molecule has 2 rings (SSSR count). The number of aryl methyl sites for hydroxylation is 1. The van der Waals surface area contributed by atoms with Crippen LogP contribution < -0.4 is 15.8 Å². The summed E-state index contributed by atoms with van der Waals surface area (Å²) in [7, 11) is 0. The highest BCUT2D eigenvalue weighted by Crippen LogP contribution is 2.20. The van der Waals surface area contributed by atoms with Crippen LogP contribution >= 0.6 is 0 Å². The molecule has 1 aliphatic rings. The third-order valence-electron chi connectivity index (χ3n) is 4.06. The smallest absolute Gasteiger partial charge is 0.254 e. The van der Waals surface area contributed by atoms with Crippen LogP contribution in [0.15, 0.2) is 36.0 Å². The summed E-state index contributed by atoms with van der Waals surface area (Å²) in [4.78, 5) is 11.7. The second kappa shape index (κ2) is 9.08. The van der Waals surface area contributed by atoms with Crippen molar-refractivity contribution in [2.24, 2.45) is 11.7 Å². The maximum atomic E-state index is 11.7. The molecule has 4 N–H and O–H groups in total. The zero-order valence-electron chi connectivity index (χ0n) is 14.0. The van der Waals surface area contributed by atoms with E-state index in [1.807, 2.05) is 31.2 Å². The summed E-state index contributed by atoms with van der Waals surface area (Å²) in [6.07, 6.45) is 3.93. The number of benzene rings is 1. The molecular weight excluding hydrogens is 306 g/mol. The van der Waals surface area contributed by atoms with E-state index in [4.69, 9.17) is 20.6 Å². The molecule has 0 aromatic heterocycles. The van der Waals surface area contributed by atoms with Gasteiger partial charge in [-0.2, -0.15) is 0 Å². The molecule has 0 radical (unpaired) electrons. The number of carbonyl (C=O) groups is 1. The molecule has 2 atom stereocenters. The van der Waals surface area contributed by atoms with Gasteiger partial charge in [-0.3, -0.25) is 4.79 Å². The van der Waals surface area contributed by atoms with E-state index in [1.165, 1.54) is 5.56 Å². The molecule has 130 valence electrons. The largest absolute Gasteiger partial charge is 0.493 e. The Morgan fingerprint density at radius 2 is 2.17 bits per heavy atom. The van der Waals surface area contributed by atoms with Gasteiger partial charge in [-0.1, -0.05) is 17.7 Å². The topological polar surface area (TPSA) is 97.4 Å². The van der Waals surface area contributed by atoms with Gasteiger partial charge in [-0.25, -0.2) is 0 Å². The van der Waals surface area contributed by atoms with Crippen LogP contribution in [0.2, 0.25) is 0 Å². The maximum Gasteiger partial charge on any atom is 0.254 e. The summed E-state index contributed by atoms with van der Waals surface area (Å²) in [5.74, 6) is 0.892. The van der Waals surface area contributed by atoms with E-state index in [-0.39, 0.29) is 17.6 Å². The molecule has 24 heavy (non-hydrogen) atoms. The molecule has 6 nitrogen and oxygen atoms in total. The molecule has 0 aliphatic carbocycles. The summed E-state index contributed by atoms with van der Waals surface area (Å²) in [5, 5.41) is 9.83. The number of rotatable bonds is 7. The van der Waals surface area contributed by atoms with Gasteiger partial charge in [-0.15, -0.1) is 0 Å². The Kier molecular flexibility index (Phi) is 6.81. The monoisotopic (exact) mass is 331 g/mol. The lowest BCUT2D eigenvalue weighted by Crippen LogP contribution is -2.39. The first-order valence-corrected chi connectivity index (χ1v) is 8.14. The van der Waals surface area contributed by atoms with E-state index >= 15 is 0 Å². The van der Waals surface area contributed by atoms with E-state index in [2.05, 4.69) is 5.32 Å². The number of nitrogens with two attached hydrogens (primary N) is 1. The Morgan fingerprint density at radius 3 is 2.75 bits per heavy atom. The molecule has 0 bridgehead atoms. The van der Waals surface area contributed by atoms with Crippen molar-refractivity contribution in [1.82, 2.24) is 5.32 Å². The Morgan fingerprint density at radius 1 is 1.42 bits per heavy atom. The summed E-state index contributed by atoms with van der Waals surface area (Å²) in [6, 6.07) is 8.01. The Labute approximate surface area is 142 Å². The summed E-state index contributed by atoms with van der Waals surface area (Å²) < 4.78 is 11.6. The lowest BCUT2D eigenvalue weighted by molar-refractivity contribution is -0.118. The average Bonchev–Trinajstić information content (AvgIpc) is 2.61. The van der Waals surface area contributed by atoms with Gasteiger partial charge in [-0.05, 0) is 31.9 Å². The van der Waals surface area contributed by atoms with Crippen molar-refractivity contribution in [3.05, 3.63) is 41.6 Å². The summed E-state index contributed by atoms with van der Waals surface area (Å²) >= 11 is 0. The van der Waals surface area contributed by atoms with E-state index in [9.17, 15) is 4.79 Å². The van der Waals surface area contributed by atoms with Crippen molar-refractivity contribution in [3.63, 3.8) is 0 Å². The molecular formula is C18H25N3O3. The van der Waals surface area contributed by atoms with Gasteiger partial charge in [0.2, 0.25) is 0 Å². The highest BCUT2D eigenvalue weighted by molar-refractivity contribution is 6.11. The predicted molar refractivity (Wildman–Crippen MR) is 93.2 cm³/mol. The first-order valence-electron chi connectivity index (χ1n) is 8.14. The lowest BCUT2D eigenvalue weighted by Gasteiger charge is -2.29. The van der Waals surface area contributed by atoms with Gasteiger partial charge in [0.25, 0.3) is 5.91 Å². The highest BCUT2D eigenvalue weighted by atomic mass is 16.5. The molecule has 1 aromatic carbocycles. The van der Waals surface area contributed by atoms with Gasteiger partial charge in [0.1, 0.15) is 5.75 Å². The normalized spacial score (nSPS) is 21.1. The number of nitrogens with one attached hydrogen (secondary N) is 2. The maximum absolute atomic E-state index is 11.7. The van der Waals surface area contributed by atoms with Crippen molar-refractivity contribution in [2.45, 2.75) is 25.9 Å². The number of carbonyl (C=O) groups excluding carboxylic acids is 1. The molecule has 1 fully saturated rings. The Hall–Kier alpha value is -2.34. The molecule has 1 aromatic rings. The lowest BCUT2D eigenvalue weighted by atomic mass is 9.99. The predicted octanol–water partition coefficient (Wildman–Crippen LogP) is 1.78. The fraction of sp³-hybridized carbons (Fsp3) is 0.444. The van der Waals surface area contributed by atoms with Crippen LogP contribution in [0.25, 0.3) is 0 Å². The van der Waals surface area contributed by atoms with Crippen LogP contribution in [0, 0.1) is 18.3 Å². The van der Waals surface area contributed by atoms with E-state index < -0.39 is 0 Å². The SMILES string of the molecule is Cc1ccc(OCC2CCC(CNC(=O)/C(C=N)=C/N)OC2)cc1. The standard InChI is InChI=1S/C18H25N3O3/c1-13-2-5-16(6-3-13)23-11-14-4-7-17(24-12-14)10-21-18(22)15(8-19)9-20/h2-3,5-6,8-9,14,17,19H,4,7,10-12,20H2,1H3,(H,21,22)/b15-9+,19-8?. The molecule has 1 heterocycles. The molecule has 6 heteroatoms.